The number of rotatable bonds is 4. The molecule has 1 aromatic carbocycles. The minimum Gasteiger partial charge on any atom is -0.616 e. The Balaban J connectivity index is 1.66. The summed E-state index contributed by atoms with van der Waals surface area (Å²) in [5.41, 5.74) is 0.325. The Morgan fingerprint density at radius 1 is 1.41 bits per heavy atom. The summed E-state index contributed by atoms with van der Waals surface area (Å²) in [5.74, 6) is -0.170. The van der Waals surface area contributed by atoms with Gasteiger partial charge in [0.1, 0.15) is 30.6 Å². The molecule has 2 bridgehead atoms. The predicted octanol–water partition coefficient (Wildman–Crippen LogP) is 1.00. The lowest BCUT2D eigenvalue weighted by atomic mass is 9.82. The van der Waals surface area contributed by atoms with E-state index in [1.807, 2.05) is 52.0 Å². The maximum absolute atomic E-state index is 12.4. The van der Waals surface area contributed by atoms with Crippen LogP contribution in [0.15, 0.2) is 30.3 Å². The number of esters is 1. The Hall–Kier alpha value is -0.975. The Morgan fingerprint density at radius 2 is 2.09 bits per heavy atom. The zero-order valence-corrected chi connectivity index (χ0v) is 14.0. The molecule has 2 aliphatic rings. The van der Waals surface area contributed by atoms with E-state index < -0.39 is 16.8 Å². The number of fused-ring (bicyclic) bond motifs is 2. The van der Waals surface area contributed by atoms with Gasteiger partial charge < -0.3 is 14.0 Å². The standard InChI is InChI=1S/C16H21BO4S/c1-10-14-15(17)21-16(10,11(2)22(14)19)8-13(18)20-9-12-6-4-3-5-7-12/h3-7,10-11,14-15H,8-9,17H2,1-2H3/t10?,11-,14-,15+,16+,22?/m0/s1. The first-order valence-electron chi connectivity index (χ1n) is 7.72. The first-order chi connectivity index (χ1) is 10.5. The molecular formula is C16H21BO4S. The van der Waals surface area contributed by atoms with E-state index in [0.717, 1.165) is 5.56 Å². The normalized spacial score (nSPS) is 39.9. The second-order valence-corrected chi connectivity index (χ2v) is 8.23. The summed E-state index contributed by atoms with van der Waals surface area (Å²) in [6, 6.07) is 9.54. The summed E-state index contributed by atoms with van der Waals surface area (Å²) in [7, 11) is 1.95. The molecule has 2 unspecified atom stereocenters. The van der Waals surface area contributed by atoms with Crippen LogP contribution in [0.4, 0.5) is 0 Å². The van der Waals surface area contributed by atoms with Gasteiger partial charge in [-0.15, -0.1) is 0 Å². The molecule has 1 aromatic rings. The Bertz CT molecular complexity index is 554. The molecule has 0 radical (unpaired) electrons. The third kappa shape index (κ3) is 2.47. The molecule has 3 rings (SSSR count). The van der Waals surface area contributed by atoms with E-state index in [4.69, 9.17) is 9.47 Å². The van der Waals surface area contributed by atoms with Crippen LogP contribution in [-0.2, 0) is 32.1 Å². The van der Waals surface area contributed by atoms with E-state index in [9.17, 15) is 9.35 Å². The number of benzene rings is 1. The fourth-order valence-electron chi connectivity index (χ4n) is 3.85. The van der Waals surface area contributed by atoms with Gasteiger partial charge in [0.2, 0.25) is 0 Å². The minimum absolute atomic E-state index is 0.0249. The molecule has 4 nitrogen and oxygen atoms in total. The molecule has 118 valence electrons. The van der Waals surface area contributed by atoms with Gasteiger partial charge >= 0.3 is 5.97 Å². The lowest BCUT2D eigenvalue weighted by Crippen LogP contribution is -2.49. The van der Waals surface area contributed by atoms with Gasteiger partial charge in [-0.05, 0) is 23.7 Å². The first kappa shape index (κ1) is 15.9. The van der Waals surface area contributed by atoms with Crippen molar-refractivity contribution in [1.29, 1.82) is 0 Å². The summed E-state index contributed by atoms with van der Waals surface area (Å²) in [6.45, 7) is 4.23. The van der Waals surface area contributed by atoms with Gasteiger partial charge in [0, 0.05) is 5.92 Å². The molecule has 0 amide bonds. The van der Waals surface area contributed by atoms with Gasteiger partial charge in [-0.25, -0.2) is 0 Å². The molecule has 2 saturated heterocycles. The maximum atomic E-state index is 12.4. The third-order valence-corrected chi connectivity index (χ3v) is 7.52. The number of hydrogen-bond donors (Lipinski definition) is 0. The largest absolute Gasteiger partial charge is 0.616 e. The molecule has 0 saturated carbocycles. The minimum atomic E-state index is -0.944. The zero-order chi connectivity index (χ0) is 15.9. The zero-order valence-electron chi connectivity index (χ0n) is 13.2. The molecule has 0 aliphatic carbocycles. The van der Waals surface area contributed by atoms with Crippen LogP contribution in [-0.4, -0.2) is 40.5 Å². The number of carbonyl (C=O) groups is 1. The lowest BCUT2D eigenvalue weighted by molar-refractivity contribution is -0.153. The van der Waals surface area contributed by atoms with Gasteiger partial charge in [0.05, 0.1) is 12.4 Å². The van der Waals surface area contributed by atoms with Crippen molar-refractivity contribution in [2.45, 2.75) is 49.0 Å². The summed E-state index contributed by atoms with van der Waals surface area (Å²) in [4.78, 5) is 12.3. The molecule has 6 atom stereocenters. The second-order valence-electron chi connectivity index (χ2n) is 6.33. The molecule has 22 heavy (non-hydrogen) atoms. The molecule has 2 aliphatic heterocycles. The second kappa shape index (κ2) is 5.91. The van der Waals surface area contributed by atoms with E-state index >= 15 is 0 Å². The van der Waals surface area contributed by atoms with Crippen molar-refractivity contribution < 1.29 is 18.8 Å². The van der Waals surface area contributed by atoms with Crippen LogP contribution in [0.25, 0.3) is 0 Å². The highest BCUT2D eigenvalue weighted by Gasteiger charge is 2.69. The predicted molar refractivity (Wildman–Crippen MR) is 87.6 cm³/mol. The van der Waals surface area contributed by atoms with E-state index in [0.29, 0.717) is 0 Å². The lowest BCUT2D eigenvalue weighted by Gasteiger charge is -2.35. The average Bonchev–Trinajstić information content (AvgIpc) is 2.84. The fourth-order valence-corrected chi connectivity index (χ4v) is 6.14. The number of ether oxygens (including phenoxy) is 2. The number of carbonyl (C=O) groups excluding carboxylic acids is 1. The Labute approximate surface area is 135 Å². The van der Waals surface area contributed by atoms with Gasteiger partial charge in [-0.2, -0.15) is 0 Å². The van der Waals surface area contributed by atoms with E-state index in [2.05, 4.69) is 0 Å². The van der Waals surface area contributed by atoms with Crippen LogP contribution >= 0.6 is 0 Å². The molecule has 0 aromatic heterocycles. The van der Waals surface area contributed by atoms with Gasteiger partial charge in [-0.1, -0.05) is 37.3 Å². The summed E-state index contributed by atoms with van der Waals surface area (Å²) >= 11 is -0.944. The van der Waals surface area contributed by atoms with Crippen LogP contribution in [0.3, 0.4) is 0 Å². The number of hydrogen-bond acceptors (Lipinski definition) is 4. The molecule has 0 spiro atoms. The van der Waals surface area contributed by atoms with E-state index in [-0.39, 0.29) is 41.4 Å². The highest BCUT2D eigenvalue weighted by Crippen LogP contribution is 2.53. The van der Waals surface area contributed by atoms with E-state index in [1.54, 1.807) is 0 Å². The van der Waals surface area contributed by atoms with Crippen molar-refractivity contribution in [1.82, 2.24) is 0 Å². The summed E-state index contributed by atoms with van der Waals surface area (Å²) < 4.78 is 23.9. The monoisotopic (exact) mass is 320 g/mol. The van der Waals surface area contributed by atoms with Gasteiger partial charge in [0.25, 0.3) is 0 Å². The van der Waals surface area contributed by atoms with Crippen molar-refractivity contribution in [3.63, 3.8) is 0 Å². The molecule has 6 heteroatoms. The van der Waals surface area contributed by atoms with Crippen LogP contribution in [0, 0.1) is 5.92 Å². The molecular weight excluding hydrogens is 299 g/mol. The van der Waals surface area contributed by atoms with Crippen molar-refractivity contribution in [2.75, 3.05) is 0 Å². The van der Waals surface area contributed by atoms with E-state index in [1.165, 1.54) is 0 Å². The molecule has 2 heterocycles. The highest BCUT2D eigenvalue weighted by molar-refractivity contribution is 7.93. The quantitative estimate of drug-likeness (QED) is 0.472. The molecule has 0 N–H and O–H groups in total. The summed E-state index contributed by atoms with van der Waals surface area (Å²) in [5, 5.41) is -0.107. The fraction of sp³-hybridized carbons (Fsp3) is 0.562. The van der Waals surface area contributed by atoms with Crippen LogP contribution in [0.2, 0.25) is 0 Å². The smallest absolute Gasteiger partial charge is 0.309 e. The average molecular weight is 320 g/mol. The highest BCUT2D eigenvalue weighted by atomic mass is 32.2. The van der Waals surface area contributed by atoms with Crippen molar-refractivity contribution >= 4 is 25.0 Å². The molecule has 2 fully saturated rings. The SMILES string of the molecule is B[C@@H]1O[C@]2(CC(=O)OCc3ccccc3)C(C)[C@@H]1[S+]([O-])[C@H]2C. The first-order valence-corrected chi connectivity index (χ1v) is 9.00. The van der Waals surface area contributed by atoms with Gasteiger partial charge in [0.15, 0.2) is 0 Å². The van der Waals surface area contributed by atoms with Crippen molar-refractivity contribution in [2.24, 2.45) is 5.92 Å². The topological polar surface area (TPSA) is 58.6 Å². The van der Waals surface area contributed by atoms with Crippen molar-refractivity contribution in [3.8, 4) is 0 Å². The maximum Gasteiger partial charge on any atom is 0.309 e. The Morgan fingerprint density at radius 3 is 2.73 bits per heavy atom. The van der Waals surface area contributed by atoms with Crippen molar-refractivity contribution in [3.05, 3.63) is 35.9 Å². The van der Waals surface area contributed by atoms with Crippen LogP contribution in [0.5, 0.6) is 0 Å². The van der Waals surface area contributed by atoms with Gasteiger partial charge in [-0.3, -0.25) is 4.79 Å². The van der Waals surface area contributed by atoms with Crippen LogP contribution < -0.4 is 0 Å². The summed E-state index contributed by atoms with van der Waals surface area (Å²) in [6.07, 6.45) is 0.175. The Kier molecular flexibility index (Phi) is 4.27. The van der Waals surface area contributed by atoms with Crippen LogP contribution in [0.1, 0.15) is 25.8 Å². The third-order valence-electron chi connectivity index (χ3n) is 5.10.